The Morgan fingerprint density at radius 2 is 1.84 bits per heavy atom. The number of thioether (sulfide) groups is 1. The number of alkyl carbamates (subject to hydrolysis) is 1. The predicted molar refractivity (Wildman–Crippen MR) is 161 cm³/mol. The standard InChI is InChI=1S/C32H44BNO8S/c1-29(2,3)40-28(36)34-20-14-37-15-22(20)43-21-10-9-17(26-25(21)27(35)39-31(6,7)38-26)18-13-19(18)33-41-24-12-16-11-23(30(16,4)5)32(24,8)42-33/h9-10,16,18-20,22-24H,11-15H2,1-8H3,(H,34,36)/t16-,18+,19+,20+,22-,23-,24?,32-/m0/s1. The first-order chi connectivity index (χ1) is 20.1. The van der Waals surface area contributed by atoms with E-state index in [0.717, 1.165) is 23.3 Å². The first kappa shape index (κ1) is 29.7. The SMILES string of the molecule is CC(C)(C)OC(=O)N[C@@H]1COC[C@@H]1Sc1ccc([C@H]2C[C@H]2B2OC3C[C@@H]4C[C@@H](C4(C)C)[C@]3(C)O2)c2c1C(=O)OC(C)(C)O2. The van der Waals surface area contributed by atoms with E-state index in [-0.39, 0.29) is 41.9 Å². The minimum Gasteiger partial charge on any atom is -0.452 e. The second-order valence-corrected chi connectivity index (χ2v) is 16.8. The van der Waals surface area contributed by atoms with Gasteiger partial charge in [0.15, 0.2) is 0 Å². The minimum atomic E-state index is -1.08. The van der Waals surface area contributed by atoms with Gasteiger partial charge in [-0.1, -0.05) is 19.9 Å². The van der Waals surface area contributed by atoms with Crippen molar-refractivity contribution in [1.82, 2.24) is 5.32 Å². The molecule has 43 heavy (non-hydrogen) atoms. The van der Waals surface area contributed by atoms with Crippen molar-refractivity contribution in [3.63, 3.8) is 0 Å². The van der Waals surface area contributed by atoms with Crippen LogP contribution in [-0.4, -0.2) is 66.8 Å². The Bertz CT molecular complexity index is 1350. The van der Waals surface area contributed by atoms with E-state index in [0.29, 0.717) is 41.8 Å². The van der Waals surface area contributed by atoms with E-state index in [1.807, 2.05) is 26.8 Å². The van der Waals surface area contributed by atoms with E-state index in [1.165, 1.54) is 18.2 Å². The largest absolute Gasteiger partial charge is 0.461 e. The number of esters is 1. The second-order valence-electron chi connectivity index (χ2n) is 15.5. The lowest BCUT2D eigenvalue weighted by Gasteiger charge is -2.64. The topological polar surface area (TPSA) is 102 Å². The van der Waals surface area contributed by atoms with Crippen LogP contribution in [0.4, 0.5) is 4.79 Å². The zero-order chi connectivity index (χ0) is 30.7. The van der Waals surface area contributed by atoms with E-state index in [1.54, 1.807) is 13.8 Å². The second kappa shape index (κ2) is 9.78. The summed E-state index contributed by atoms with van der Waals surface area (Å²) < 4.78 is 36.7. The maximum atomic E-state index is 13.5. The fourth-order valence-electron chi connectivity index (χ4n) is 8.18. The maximum absolute atomic E-state index is 13.5. The summed E-state index contributed by atoms with van der Waals surface area (Å²) >= 11 is 1.50. The summed E-state index contributed by atoms with van der Waals surface area (Å²) in [5.41, 5.74) is 0.886. The monoisotopic (exact) mass is 613 g/mol. The number of carbonyl (C=O) groups excluding carboxylic acids is 2. The van der Waals surface area contributed by atoms with Crippen LogP contribution in [0.5, 0.6) is 5.75 Å². The van der Waals surface area contributed by atoms with Crippen LogP contribution in [0.15, 0.2) is 17.0 Å². The molecule has 7 aliphatic rings. The van der Waals surface area contributed by atoms with Crippen LogP contribution < -0.4 is 10.1 Å². The van der Waals surface area contributed by atoms with E-state index in [2.05, 4.69) is 32.2 Å². The lowest BCUT2D eigenvalue weighted by Crippen LogP contribution is -2.65. The molecule has 11 heteroatoms. The molecule has 2 saturated heterocycles. The Balaban J connectivity index is 1.11. The Kier molecular flexibility index (Phi) is 6.76. The summed E-state index contributed by atoms with van der Waals surface area (Å²) in [6.07, 6.45) is 2.86. The third-order valence-electron chi connectivity index (χ3n) is 10.6. The molecule has 0 radical (unpaired) electrons. The van der Waals surface area contributed by atoms with Crippen LogP contribution in [-0.2, 0) is 23.5 Å². The van der Waals surface area contributed by atoms with Gasteiger partial charge in [0.1, 0.15) is 16.9 Å². The third-order valence-corrected chi connectivity index (χ3v) is 12.0. The van der Waals surface area contributed by atoms with Crippen molar-refractivity contribution in [1.29, 1.82) is 0 Å². The number of rotatable bonds is 5. The number of hydrogen-bond acceptors (Lipinski definition) is 9. The van der Waals surface area contributed by atoms with E-state index >= 15 is 0 Å². The third kappa shape index (κ3) is 5.06. The molecule has 4 saturated carbocycles. The lowest BCUT2D eigenvalue weighted by molar-refractivity contribution is -0.199. The number of carbonyl (C=O) groups is 2. The highest BCUT2D eigenvalue weighted by Gasteiger charge is 2.70. The van der Waals surface area contributed by atoms with Crippen LogP contribution in [0.3, 0.4) is 0 Å². The number of cyclic esters (lactones) is 1. The van der Waals surface area contributed by atoms with Gasteiger partial charge in [0.2, 0.25) is 5.79 Å². The zero-order valence-corrected chi connectivity index (χ0v) is 27.3. The molecule has 1 amide bonds. The quantitative estimate of drug-likeness (QED) is 0.319. The van der Waals surface area contributed by atoms with Gasteiger partial charge in [0.25, 0.3) is 0 Å². The summed E-state index contributed by atoms with van der Waals surface area (Å²) in [4.78, 5) is 26.7. The van der Waals surface area contributed by atoms with Crippen molar-refractivity contribution in [2.45, 2.75) is 126 Å². The van der Waals surface area contributed by atoms with Gasteiger partial charge < -0.3 is 33.6 Å². The summed E-state index contributed by atoms with van der Waals surface area (Å²) in [7, 11) is -0.251. The molecule has 0 aromatic heterocycles. The Morgan fingerprint density at radius 1 is 1.07 bits per heavy atom. The summed E-state index contributed by atoms with van der Waals surface area (Å²) in [5.74, 6) is 0.692. The van der Waals surface area contributed by atoms with Gasteiger partial charge in [-0.25, -0.2) is 9.59 Å². The van der Waals surface area contributed by atoms with Crippen LogP contribution in [0.2, 0.25) is 5.82 Å². The fourth-order valence-corrected chi connectivity index (χ4v) is 9.42. The molecule has 3 heterocycles. The van der Waals surface area contributed by atoms with Crippen LogP contribution >= 0.6 is 11.8 Å². The summed E-state index contributed by atoms with van der Waals surface area (Å²) in [6, 6.07) is 3.79. The zero-order valence-electron chi connectivity index (χ0n) is 26.5. The number of amides is 1. The molecule has 0 spiro atoms. The van der Waals surface area contributed by atoms with Gasteiger partial charge in [0.05, 0.1) is 36.2 Å². The molecule has 8 rings (SSSR count). The molecule has 2 bridgehead atoms. The molecule has 4 aliphatic carbocycles. The highest BCUT2D eigenvalue weighted by atomic mass is 32.2. The van der Waals surface area contributed by atoms with Gasteiger partial charge >= 0.3 is 19.2 Å². The van der Waals surface area contributed by atoms with Crippen molar-refractivity contribution < 1.29 is 37.8 Å². The molecule has 234 valence electrons. The molecule has 3 aliphatic heterocycles. The normalized spacial score (nSPS) is 38.3. The van der Waals surface area contributed by atoms with Crippen molar-refractivity contribution in [2.75, 3.05) is 13.2 Å². The molecule has 1 unspecified atom stereocenters. The molecule has 1 aromatic carbocycles. The van der Waals surface area contributed by atoms with E-state index in [9.17, 15) is 9.59 Å². The summed E-state index contributed by atoms with van der Waals surface area (Å²) in [5, 5.41) is 2.83. The molecular formula is C32H44BNO8S. The van der Waals surface area contributed by atoms with Gasteiger partial charge in [-0.3, -0.25) is 0 Å². The number of benzene rings is 1. The van der Waals surface area contributed by atoms with E-state index < -0.39 is 23.5 Å². The average Bonchev–Trinajstić information content (AvgIpc) is 3.41. The highest BCUT2D eigenvalue weighted by molar-refractivity contribution is 8.00. The van der Waals surface area contributed by atoms with E-state index in [4.69, 9.17) is 28.3 Å². The Hall–Kier alpha value is -1.95. The van der Waals surface area contributed by atoms with Gasteiger partial charge in [-0.2, -0.15) is 0 Å². The Labute approximate surface area is 258 Å². The predicted octanol–water partition coefficient (Wildman–Crippen LogP) is 5.94. The fraction of sp³-hybridized carbons (Fsp3) is 0.750. The smallest absolute Gasteiger partial charge is 0.452 e. The average molecular weight is 614 g/mol. The van der Waals surface area contributed by atoms with Gasteiger partial charge in [-0.15, -0.1) is 11.8 Å². The Morgan fingerprint density at radius 3 is 2.56 bits per heavy atom. The van der Waals surface area contributed by atoms with Crippen molar-refractivity contribution in [2.24, 2.45) is 17.3 Å². The van der Waals surface area contributed by atoms with Gasteiger partial charge in [-0.05, 0) is 81.8 Å². The van der Waals surface area contributed by atoms with Crippen LogP contribution in [0, 0.1) is 17.3 Å². The number of ether oxygens (including phenoxy) is 4. The van der Waals surface area contributed by atoms with Gasteiger partial charge in [0, 0.05) is 24.6 Å². The first-order valence-corrected chi connectivity index (χ1v) is 16.6. The first-order valence-electron chi connectivity index (χ1n) is 15.7. The molecule has 6 fully saturated rings. The molecule has 1 N–H and O–H groups in total. The molecule has 1 aromatic rings. The highest BCUT2D eigenvalue weighted by Crippen LogP contribution is 2.68. The molecule has 9 nitrogen and oxygen atoms in total. The van der Waals surface area contributed by atoms with Crippen molar-refractivity contribution >= 4 is 30.9 Å². The van der Waals surface area contributed by atoms with Crippen molar-refractivity contribution in [3.05, 3.63) is 23.3 Å². The van der Waals surface area contributed by atoms with Crippen molar-refractivity contribution in [3.8, 4) is 5.75 Å². The van der Waals surface area contributed by atoms with Crippen LogP contribution in [0.25, 0.3) is 0 Å². The minimum absolute atomic E-state index is 0.112. The van der Waals surface area contributed by atoms with Crippen LogP contribution in [0.1, 0.15) is 96.5 Å². The number of nitrogens with one attached hydrogen (secondary N) is 1. The number of fused-ring (bicyclic) bond motifs is 1. The number of hydrogen-bond donors (Lipinski definition) is 1. The maximum Gasteiger partial charge on any atom is 0.461 e. The lowest BCUT2D eigenvalue weighted by atomic mass is 9.43. The molecular weight excluding hydrogens is 569 g/mol. The molecule has 8 atom stereocenters. The summed E-state index contributed by atoms with van der Waals surface area (Å²) in [6.45, 7) is 16.8.